The standard InChI is InChI=1S/C17H25N3O2S/c1-2-3-4-8-20(9-10-21)11-14-18-16(22)15-12-6-5-7-13(12)23-17(15)19-14/h21H,2-11H2,1H3,(H,18,19,22). The van der Waals surface area contributed by atoms with E-state index < -0.39 is 0 Å². The molecule has 2 heterocycles. The molecule has 0 bridgehead atoms. The molecule has 0 spiro atoms. The van der Waals surface area contributed by atoms with E-state index in [9.17, 15) is 9.90 Å². The van der Waals surface area contributed by atoms with E-state index in [0.717, 1.165) is 42.4 Å². The van der Waals surface area contributed by atoms with E-state index >= 15 is 0 Å². The summed E-state index contributed by atoms with van der Waals surface area (Å²) < 4.78 is 0. The largest absolute Gasteiger partial charge is 0.395 e. The van der Waals surface area contributed by atoms with Crippen molar-refractivity contribution in [2.45, 2.75) is 52.0 Å². The second-order valence-electron chi connectivity index (χ2n) is 6.26. The van der Waals surface area contributed by atoms with Gasteiger partial charge in [-0.25, -0.2) is 4.98 Å². The number of hydrogen-bond acceptors (Lipinski definition) is 5. The summed E-state index contributed by atoms with van der Waals surface area (Å²) in [5, 5.41) is 10.1. The number of aromatic amines is 1. The highest BCUT2D eigenvalue weighted by molar-refractivity contribution is 7.18. The van der Waals surface area contributed by atoms with Crippen LogP contribution in [0.2, 0.25) is 0 Å². The van der Waals surface area contributed by atoms with Gasteiger partial charge in [0.15, 0.2) is 0 Å². The fourth-order valence-corrected chi connectivity index (χ4v) is 4.61. The van der Waals surface area contributed by atoms with E-state index in [2.05, 4.69) is 21.8 Å². The lowest BCUT2D eigenvalue weighted by molar-refractivity contribution is 0.184. The van der Waals surface area contributed by atoms with Gasteiger partial charge in [0.1, 0.15) is 10.7 Å². The van der Waals surface area contributed by atoms with Gasteiger partial charge in [0.05, 0.1) is 18.5 Å². The number of H-pyrrole nitrogens is 1. The van der Waals surface area contributed by atoms with Gasteiger partial charge in [-0.3, -0.25) is 9.69 Å². The Balaban J connectivity index is 1.80. The van der Waals surface area contributed by atoms with Crippen LogP contribution in [0.3, 0.4) is 0 Å². The summed E-state index contributed by atoms with van der Waals surface area (Å²) in [6.45, 7) is 4.45. The van der Waals surface area contributed by atoms with Crippen molar-refractivity contribution in [3.8, 4) is 0 Å². The molecule has 2 aromatic rings. The molecule has 2 aromatic heterocycles. The second-order valence-corrected chi connectivity index (χ2v) is 7.34. The number of fused-ring (bicyclic) bond motifs is 3. The van der Waals surface area contributed by atoms with Crippen molar-refractivity contribution in [2.75, 3.05) is 19.7 Å². The molecule has 3 rings (SSSR count). The fourth-order valence-electron chi connectivity index (χ4n) is 3.33. The zero-order chi connectivity index (χ0) is 16.2. The van der Waals surface area contributed by atoms with Crippen LogP contribution in [0.1, 0.15) is 48.9 Å². The third-order valence-electron chi connectivity index (χ3n) is 4.49. The summed E-state index contributed by atoms with van der Waals surface area (Å²) in [6, 6.07) is 0. The van der Waals surface area contributed by atoms with E-state index in [4.69, 9.17) is 0 Å². The SMILES string of the molecule is CCCCCN(CCO)Cc1nc2sc3c(c2c(=O)[nH]1)CCC3. The number of unbranched alkanes of at least 4 members (excludes halogenated alkanes) is 2. The maximum absolute atomic E-state index is 12.5. The quantitative estimate of drug-likeness (QED) is 0.727. The number of nitrogens with one attached hydrogen (secondary N) is 1. The van der Waals surface area contributed by atoms with Gasteiger partial charge in [-0.1, -0.05) is 19.8 Å². The summed E-state index contributed by atoms with van der Waals surface area (Å²) in [7, 11) is 0. The van der Waals surface area contributed by atoms with Gasteiger partial charge in [0.25, 0.3) is 5.56 Å². The van der Waals surface area contributed by atoms with Gasteiger partial charge in [-0.05, 0) is 37.8 Å². The van der Waals surface area contributed by atoms with E-state index in [1.165, 1.54) is 23.3 Å². The molecule has 126 valence electrons. The average molecular weight is 335 g/mol. The third kappa shape index (κ3) is 3.65. The van der Waals surface area contributed by atoms with E-state index in [-0.39, 0.29) is 12.2 Å². The van der Waals surface area contributed by atoms with Crippen LogP contribution < -0.4 is 5.56 Å². The molecule has 0 amide bonds. The number of hydrogen-bond donors (Lipinski definition) is 2. The van der Waals surface area contributed by atoms with Crippen molar-refractivity contribution in [3.63, 3.8) is 0 Å². The molecular formula is C17H25N3O2S. The number of aliphatic hydroxyl groups excluding tert-OH is 1. The lowest BCUT2D eigenvalue weighted by atomic mass is 10.2. The number of aryl methyl sites for hydroxylation is 2. The lowest BCUT2D eigenvalue weighted by Gasteiger charge is -2.20. The first kappa shape index (κ1) is 16.6. The molecule has 6 heteroatoms. The Morgan fingerprint density at radius 1 is 1.30 bits per heavy atom. The molecular weight excluding hydrogens is 310 g/mol. The van der Waals surface area contributed by atoms with Crippen molar-refractivity contribution in [1.82, 2.24) is 14.9 Å². The van der Waals surface area contributed by atoms with Gasteiger partial charge in [0, 0.05) is 11.4 Å². The highest BCUT2D eigenvalue weighted by Crippen LogP contribution is 2.34. The second kappa shape index (κ2) is 7.55. The Hall–Kier alpha value is -1.24. The number of aromatic nitrogens is 2. The first-order chi connectivity index (χ1) is 11.2. The highest BCUT2D eigenvalue weighted by atomic mass is 32.1. The minimum atomic E-state index is 0.00177. The van der Waals surface area contributed by atoms with Crippen LogP contribution in [0.5, 0.6) is 0 Å². The summed E-state index contributed by atoms with van der Waals surface area (Å²) in [4.78, 5) is 24.5. The molecule has 1 aliphatic carbocycles. The van der Waals surface area contributed by atoms with E-state index in [0.29, 0.717) is 18.9 Å². The smallest absolute Gasteiger partial charge is 0.259 e. The summed E-state index contributed by atoms with van der Waals surface area (Å²) in [5.74, 6) is 0.715. The third-order valence-corrected chi connectivity index (χ3v) is 5.68. The van der Waals surface area contributed by atoms with Crippen LogP contribution in [0.15, 0.2) is 4.79 Å². The zero-order valence-corrected chi connectivity index (χ0v) is 14.5. The number of aliphatic hydroxyl groups is 1. The van der Waals surface area contributed by atoms with Crippen molar-refractivity contribution < 1.29 is 5.11 Å². The Morgan fingerprint density at radius 3 is 2.96 bits per heavy atom. The van der Waals surface area contributed by atoms with Gasteiger partial charge in [0.2, 0.25) is 0 Å². The molecule has 23 heavy (non-hydrogen) atoms. The zero-order valence-electron chi connectivity index (χ0n) is 13.7. The molecule has 0 fully saturated rings. The number of thiophene rings is 1. The van der Waals surface area contributed by atoms with Crippen molar-refractivity contribution in [3.05, 3.63) is 26.6 Å². The highest BCUT2D eigenvalue weighted by Gasteiger charge is 2.21. The summed E-state index contributed by atoms with van der Waals surface area (Å²) in [6.07, 6.45) is 6.71. The topological polar surface area (TPSA) is 69.2 Å². The van der Waals surface area contributed by atoms with Crippen LogP contribution in [0, 0.1) is 0 Å². The van der Waals surface area contributed by atoms with Crippen LogP contribution in [-0.4, -0.2) is 39.7 Å². The molecule has 2 N–H and O–H groups in total. The van der Waals surface area contributed by atoms with Crippen LogP contribution in [0.4, 0.5) is 0 Å². The Labute approximate surface area is 140 Å². The van der Waals surface area contributed by atoms with Gasteiger partial charge < -0.3 is 10.1 Å². The molecule has 0 saturated heterocycles. The minimum Gasteiger partial charge on any atom is -0.395 e. The molecule has 0 saturated carbocycles. The molecule has 0 unspecified atom stereocenters. The monoisotopic (exact) mass is 335 g/mol. The number of nitrogens with zero attached hydrogens (tertiary/aromatic N) is 2. The Morgan fingerprint density at radius 2 is 2.17 bits per heavy atom. The fraction of sp³-hybridized carbons (Fsp3) is 0.647. The number of rotatable bonds is 8. The molecule has 0 aliphatic heterocycles. The van der Waals surface area contributed by atoms with E-state index in [1.807, 2.05) is 0 Å². The predicted octanol–water partition coefficient (Wildman–Crippen LogP) is 2.46. The summed E-state index contributed by atoms with van der Waals surface area (Å²) >= 11 is 1.68. The summed E-state index contributed by atoms with van der Waals surface area (Å²) in [5.41, 5.74) is 1.22. The average Bonchev–Trinajstić information content (AvgIpc) is 3.07. The van der Waals surface area contributed by atoms with Crippen LogP contribution in [-0.2, 0) is 19.4 Å². The van der Waals surface area contributed by atoms with Crippen LogP contribution >= 0.6 is 11.3 Å². The molecule has 0 radical (unpaired) electrons. The molecule has 1 aliphatic rings. The normalized spacial score (nSPS) is 14.0. The first-order valence-corrected chi connectivity index (χ1v) is 9.41. The van der Waals surface area contributed by atoms with Crippen molar-refractivity contribution in [2.24, 2.45) is 0 Å². The molecule has 0 atom stereocenters. The van der Waals surface area contributed by atoms with Gasteiger partial charge in [-0.2, -0.15) is 0 Å². The van der Waals surface area contributed by atoms with Crippen LogP contribution in [0.25, 0.3) is 10.2 Å². The molecule has 5 nitrogen and oxygen atoms in total. The maximum Gasteiger partial charge on any atom is 0.259 e. The Bertz CT molecular complexity index is 722. The van der Waals surface area contributed by atoms with E-state index in [1.54, 1.807) is 11.3 Å². The van der Waals surface area contributed by atoms with Gasteiger partial charge >= 0.3 is 0 Å². The van der Waals surface area contributed by atoms with Gasteiger partial charge in [-0.15, -0.1) is 11.3 Å². The Kier molecular flexibility index (Phi) is 5.46. The maximum atomic E-state index is 12.5. The minimum absolute atomic E-state index is 0.00177. The molecule has 0 aromatic carbocycles. The van der Waals surface area contributed by atoms with Crippen molar-refractivity contribution >= 4 is 21.6 Å². The first-order valence-electron chi connectivity index (χ1n) is 8.59. The lowest BCUT2D eigenvalue weighted by Crippen LogP contribution is -2.29. The van der Waals surface area contributed by atoms with Crippen molar-refractivity contribution in [1.29, 1.82) is 0 Å². The predicted molar refractivity (Wildman–Crippen MR) is 94.2 cm³/mol.